The van der Waals surface area contributed by atoms with E-state index in [4.69, 9.17) is 16.6 Å². The van der Waals surface area contributed by atoms with Crippen LogP contribution in [0.15, 0.2) is 54.6 Å². The molecule has 4 nitrogen and oxygen atoms in total. The van der Waals surface area contributed by atoms with E-state index in [0.29, 0.717) is 6.54 Å². The highest BCUT2D eigenvalue weighted by Gasteiger charge is 2.25. The number of hydrogen-bond acceptors (Lipinski definition) is 4. The minimum atomic E-state index is 0.185. The van der Waals surface area contributed by atoms with Crippen LogP contribution in [0.25, 0.3) is 10.9 Å². The highest BCUT2D eigenvalue weighted by molar-refractivity contribution is 6.30. The molecule has 1 saturated heterocycles. The summed E-state index contributed by atoms with van der Waals surface area (Å²) in [5, 5.41) is 15.0. The summed E-state index contributed by atoms with van der Waals surface area (Å²) in [6, 6.07) is 18.3. The molecule has 0 radical (unpaired) electrons. The maximum Gasteiger partial charge on any atom is 0.129 e. The van der Waals surface area contributed by atoms with Gasteiger partial charge in [-0.25, -0.2) is 4.98 Å². The Morgan fingerprint density at radius 2 is 1.96 bits per heavy atom. The van der Waals surface area contributed by atoms with E-state index < -0.39 is 0 Å². The van der Waals surface area contributed by atoms with E-state index in [0.717, 1.165) is 52.4 Å². The highest BCUT2D eigenvalue weighted by atomic mass is 35.5. The molecule has 0 spiro atoms. The highest BCUT2D eigenvalue weighted by Crippen LogP contribution is 2.33. The van der Waals surface area contributed by atoms with Crippen molar-refractivity contribution >= 4 is 34.0 Å². The topological polar surface area (TPSA) is 48.4 Å². The molecule has 3 aromatic rings. The minimum Gasteiger partial charge on any atom is -0.394 e. The molecule has 2 aromatic carbocycles. The van der Waals surface area contributed by atoms with E-state index in [1.807, 2.05) is 42.5 Å². The SMILES string of the molecule is OC[C@@H]1CCCN1c1cc(NCc2ccc(Cl)cc2)nc2ccccc12. The molecule has 1 fully saturated rings. The predicted molar refractivity (Wildman–Crippen MR) is 108 cm³/mol. The summed E-state index contributed by atoms with van der Waals surface area (Å²) in [6.45, 7) is 1.84. The van der Waals surface area contributed by atoms with Crippen LogP contribution in [0.2, 0.25) is 5.02 Å². The van der Waals surface area contributed by atoms with E-state index in [2.05, 4.69) is 22.3 Å². The number of halogens is 1. The van der Waals surface area contributed by atoms with Crippen LogP contribution in [0.4, 0.5) is 11.5 Å². The molecule has 1 atom stereocenters. The summed E-state index contributed by atoms with van der Waals surface area (Å²) in [6.07, 6.45) is 2.14. The van der Waals surface area contributed by atoms with Crippen molar-refractivity contribution in [2.24, 2.45) is 0 Å². The van der Waals surface area contributed by atoms with Gasteiger partial charge in [0.15, 0.2) is 0 Å². The monoisotopic (exact) mass is 367 g/mol. The molecule has 5 heteroatoms. The van der Waals surface area contributed by atoms with Crippen molar-refractivity contribution in [1.29, 1.82) is 0 Å². The number of aliphatic hydroxyl groups is 1. The summed E-state index contributed by atoms with van der Waals surface area (Å²) in [5.74, 6) is 0.845. The van der Waals surface area contributed by atoms with Crippen molar-refractivity contribution in [3.8, 4) is 0 Å². The van der Waals surface area contributed by atoms with Crippen LogP contribution in [0.3, 0.4) is 0 Å². The lowest BCUT2D eigenvalue weighted by molar-refractivity contribution is 0.266. The summed E-state index contributed by atoms with van der Waals surface area (Å²) >= 11 is 5.96. The Morgan fingerprint density at radius 1 is 1.15 bits per heavy atom. The van der Waals surface area contributed by atoms with Gasteiger partial charge in [-0.05, 0) is 36.6 Å². The fourth-order valence-corrected chi connectivity index (χ4v) is 3.75. The second-order valence-corrected chi connectivity index (χ2v) is 7.13. The van der Waals surface area contributed by atoms with Crippen LogP contribution in [-0.4, -0.2) is 29.3 Å². The number of fused-ring (bicyclic) bond motifs is 1. The molecule has 1 aromatic heterocycles. The lowest BCUT2D eigenvalue weighted by Gasteiger charge is -2.27. The molecule has 0 unspecified atom stereocenters. The maximum atomic E-state index is 9.73. The largest absolute Gasteiger partial charge is 0.394 e. The van der Waals surface area contributed by atoms with Crippen molar-refractivity contribution in [3.63, 3.8) is 0 Å². The Hall–Kier alpha value is -2.30. The van der Waals surface area contributed by atoms with Gasteiger partial charge >= 0.3 is 0 Å². The molecule has 2 N–H and O–H groups in total. The smallest absolute Gasteiger partial charge is 0.129 e. The lowest BCUT2D eigenvalue weighted by atomic mass is 10.1. The van der Waals surface area contributed by atoms with Crippen molar-refractivity contribution in [3.05, 3.63) is 65.2 Å². The molecule has 26 heavy (non-hydrogen) atoms. The second kappa shape index (κ2) is 7.52. The number of hydrogen-bond donors (Lipinski definition) is 2. The Balaban J connectivity index is 1.66. The van der Waals surface area contributed by atoms with Crippen LogP contribution >= 0.6 is 11.6 Å². The standard InChI is InChI=1S/C21H22ClN3O/c22-16-9-7-15(8-10-16)13-23-21-12-20(25-11-3-4-17(25)14-26)18-5-1-2-6-19(18)24-21/h1-2,5-10,12,17,26H,3-4,11,13-14H2,(H,23,24)/t17-/m0/s1. The average Bonchev–Trinajstić information content (AvgIpc) is 3.15. The first-order valence-corrected chi connectivity index (χ1v) is 9.38. The van der Waals surface area contributed by atoms with Gasteiger partial charge in [-0.2, -0.15) is 0 Å². The fourth-order valence-electron chi connectivity index (χ4n) is 3.62. The third kappa shape index (κ3) is 3.48. The van der Waals surface area contributed by atoms with Gasteiger partial charge in [-0.1, -0.05) is 41.9 Å². The summed E-state index contributed by atoms with van der Waals surface area (Å²) < 4.78 is 0. The van der Waals surface area contributed by atoms with E-state index in [1.165, 1.54) is 0 Å². The first-order chi connectivity index (χ1) is 12.7. The zero-order valence-electron chi connectivity index (χ0n) is 14.5. The number of benzene rings is 2. The van der Waals surface area contributed by atoms with Gasteiger partial charge in [-0.15, -0.1) is 0 Å². The number of nitrogens with one attached hydrogen (secondary N) is 1. The molecule has 1 aliphatic rings. The molecule has 4 rings (SSSR count). The molecule has 1 aliphatic heterocycles. The fraction of sp³-hybridized carbons (Fsp3) is 0.286. The Labute approximate surface area is 158 Å². The van der Waals surface area contributed by atoms with Crippen molar-refractivity contribution in [2.75, 3.05) is 23.4 Å². The van der Waals surface area contributed by atoms with Gasteiger partial charge in [0.05, 0.1) is 23.9 Å². The first kappa shape index (κ1) is 17.1. The number of pyridine rings is 1. The first-order valence-electron chi connectivity index (χ1n) is 9.00. The van der Waals surface area contributed by atoms with Gasteiger partial charge in [-0.3, -0.25) is 0 Å². The van der Waals surface area contributed by atoms with E-state index in [1.54, 1.807) is 0 Å². The molecule has 0 aliphatic carbocycles. The molecule has 0 saturated carbocycles. The molecule has 0 bridgehead atoms. The van der Waals surface area contributed by atoms with Gasteiger partial charge in [0.25, 0.3) is 0 Å². The Morgan fingerprint density at radius 3 is 2.77 bits per heavy atom. The van der Waals surface area contributed by atoms with Crippen LogP contribution in [0, 0.1) is 0 Å². The van der Waals surface area contributed by atoms with Crippen LogP contribution in [-0.2, 0) is 6.54 Å². The number of aliphatic hydroxyl groups excluding tert-OH is 1. The normalized spacial score (nSPS) is 17.0. The molecule has 0 amide bonds. The van der Waals surface area contributed by atoms with Crippen LogP contribution in [0.5, 0.6) is 0 Å². The van der Waals surface area contributed by atoms with Crippen LogP contribution < -0.4 is 10.2 Å². The Kier molecular flexibility index (Phi) is 4.96. The zero-order chi connectivity index (χ0) is 17.9. The van der Waals surface area contributed by atoms with E-state index in [9.17, 15) is 5.11 Å². The molecule has 2 heterocycles. The summed E-state index contributed by atoms with van der Waals surface area (Å²) in [5.41, 5.74) is 3.26. The molecular formula is C21H22ClN3O. The van der Waals surface area contributed by atoms with Gasteiger partial charge < -0.3 is 15.3 Å². The predicted octanol–water partition coefficient (Wildman–Crippen LogP) is 4.46. The van der Waals surface area contributed by atoms with Crippen molar-refractivity contribution in [1.82, 2.24) is 4.98 Å². The third-order valence-electron chi connectivity index (χ3n) is 4.98. The maximum absolute atomic E-state index is 9.73. The van der Waals surface area contributed by atoms with Gasteiger partial charge in [0.2, 0.25) is 0 Å². The van der Waals surface area contributed by atoms with E-state index >= 15 is 0 Å². The zero-order valence-corrected chi connectivity index (χ0v) is 15.3. The minimum absolute atomic E-state index is 0.185. The number of nitrogens with zero attached hydrogens (tertiary/aromatic N) is 2. The lowest BCUT2D eigenvalue weighted by Crippen LogP contribution is -2.32. The quantitative estimate of drug-likeness (QED) is 0.699. The number of anilines is 2. The number of aromatic nitrogens is 1. The second-order valence-electron chi connectivity index (χ2n) is 6.70. The average molecular weight is 368 g/mol. The van der Waals surface area contributed by atoms with E-state index in [-0.39, 0.29) is 12.6 Å². The van der Waals surface area contributed by atoms with Gasteiger partial charge in [0, 0.05) is 29.6 Å². The van der Waals surface area contributed by atoms with Crippen LogP contribution in [0.1, 0.15) is 18.4 Å². The van der Waals surface area contributed by atoms with Crippen molar-refractivity contribution < 1.29 is 5.11 Å². The number of para-hydroxylation sites is 1. The third-order valence-corrected chi connectivity index (χ3v) is 5.23. The summed E-state index contributed by atoms with van der Waals surface area (Å²) in [4.78, 5) is 7.08. The molecular weight excluding hydrogens is 346 g/mol. The van der Waals surface area contributed by atoms with Gasteiger partial charge in [0.1, 0.15) is 5.82 Å². The number of rotatable bonds is 5. The summed E-state index contributed by atoms with van der Waals surface area (Å²) in [7, 11) is 0. The molecule has 134 valence electrons. The Bertz CT molecular complexity index is 897. The van der Waals surface area contributed by atoms with Crippen molar-refractivity contribution in [2.45, 2.75) is 25.4 Å².